The van der Waals surface area contributed by atoms with E-state index in [4.69, 9.17) is 47.4 Å². The van der Waals surface area contributed by atoms with Crippen molar-refractivity contribution in [2.24, 2.45) is 0 Å². The van der Waals surface area contributed by atoms with Crippen molar-refractivity contribution in [1.82, 2.24) is 10.6 Å². The molecule has 0 bridgehead atoms. The van der Waals surface area contributed by atoms with E-state index in [-0.39, 0.29) is 126 Å². The summed E-state index contributed by atoms with van der Waals surface area (Å²) >= 11 is 0. The molecular formula is C42H56N2O14S2. The fourth-order valence-electron chi connectivity index (χ4n) is 4.56. The molecule has 0 unspecified atom stereocenters. The number of esters is 2. The van der Waals surface area contributed by atoms with Crippen LogP contribution in [-0.2, 0) is 28.5 Å². The first-order chi connectivity index (χ1) is 29.1. The summed E-state index contributed by atoms with van der Waals surface area (Å²) in [4.78, 5) is 48.2. The van der Waals surface area contributed by atoms with Crippen molar-refractivity contribution in [3.63, 3.8) is 0 Å². The van der Waals surface area contributed by atoms with Gasteiger partial charge in [0.2, 0.25) is 11.5 Å². The maximum absolute atomic E-state index is 13.2. The largest absolute Gasteiger partial charge is 0.485 e. The van der Waals surface area contributed by atoms with Gasteiger partial charge in [0.25, 0.3) is 11.8 Å². The van der Waals surface area contributed by atoms with Gasteiger partial charge in [-0.15, -0.1) is 0 Å². The number of hydrogen-bond acceptors (Lipinski definition) is 16. The topological polar surface area (TPSA) is 185 Å². The van der Waals surface area contributed by atoms with Crippen molar-refractivity contribution in [3.8, 4) is 34.5 Å². The van der Waals surface area contributed by atoms with E-state index in [0.717, 1.165) is 0 Å². The molecule has 0 heterocycles. The molecule has 330 valence electrons. The number of carbonyl (C=O) groups excluding carboxylic acids is 4. The second-order valence-corrected chi connectivity index (χ2v) is 14.5. The Morgan fingerprint density at radius 1 is 0.500 bits per heavy atom. The average Bonchev–Trinajstić information content (AvgIpc) is 3.23. The number of amides is 2. The number of ether oxygens (including phenoxy) is 10. The van der Waals surface area contributed by atoms with Crippen molar-refractivity contribution in [1.29, 1.82) is 0 Å². The van der Waals surface area contributed by atoms with E-state index in [0.29, 0.717) is 47.2 Å². The minimum Gasteiger partial charge on any atom is -0.485 e. The third-order valence-electron chi connectivity index (χ3n) is 7.03. The molecule has 0 aliphatic heterocycles. The van der Waals surface area contributed by atoms with Crippen LogP contribution in [-0.4, -0.2) is 128 Å². The van der Waals surface area contributed by atoms with Gasteiger partial charge in [-0.1, -0.05) is 72.2 Å². The molecule has 2 aromatic rings. The van der Waals surface area contributed by atoms with Crippen LogP contribution >= 0.6 is 21.6 Å². The van der Waals surface area contributed by atoms with Crippen molar-refractivity contribution in [2.45, 2.75) is 13.8 Å². The third-order valence-corrected chi connectivity index (χ3v) is 9.44. The smallest absolute Gasteiger partial charge is 0.302 e. The Hall–Kier alpha value is -5.30. The number of carbonyl (C=O) groups is 4. The van der Waals surface area contributed by atoms with Gasteiger partial charge in [0.15, 0.2) is 23.0 Å². The summed E-state index contributed by atoms with van der Waals surface area (Å²) in [5, 5.41) is 5.81. The van der Waals surface area contributed by atoms with E-state index in [2.05, 4.69) is 36.9 Å². The third kappa shape index (κ3) is 21.1. The maximum Gasteiger partial charge on any atom is 0.302 e. The molecule has 18 heteroatoms. The summed E-state index contributed by atoms with van der Waals surface area (Å²) in [6.45, 7) is 20.2. The summed E-state index contributed by atoms with van der Waals surface area (Å²) in [7, 11) is 3.08. The molecule has 0 aliphatic carbocycles. The maximum atomic E-state index is 13.2. The van der Waals surface area contributed by atoms with Crippen LogP contribution in [0.2, 0.25) is 0 Å². The van der Waals surface area contributed by atoms with Gasteiger partial charge in [-0.3, -0.25) is 19.2 Å². The van der Waals surface area contributed by atoms with E-state index in [9.17, 15) is 19.2 Å². The van der Waals surface area contributed by atoms with E-state index in [1.807, 2.05) is 0 Å². The Kier molecular flexibility index (Phi) is 26.8. The van der Waals surface area contributed by atoms with Crippen molar-refractivity contribution in [2.75, 3.05) is 104 Å². The second-order valence-electron chi connectivity index (χ2n) is 11.8. The van der Waals surface area contributed by atoms with Crippen LogP contribution in [0.1, 0.15) is 34.6 Å². The van der Waals surface area contributed by atoms with E-state index in [1.54, 1.807) is 70.2 Å². The highest BCUT2D eigenvalue weighted by Gasteiger charge is 2.20. The van der Waals surface area contributed by atoms with Crippen LogP contribution < -0.4 is 39.1 Å². The molecule has 0 fully saturated rings. The molecule has 60 heavy (non-hydrogen) atoms. The molecule has 0 aromatic heterocycles. The SMILES string of the molecule is C=CCOc1cc(C(=O)NCCSSCCNC(=O)c2cc(OCC=C)c(OCCOCCOC(C)=O)c(OCC=C)c2)cc(OCC=C)c1OCCOCCOC(C)=O. The molecule has 2 N–H and O–H groups in total. The summed E-state index contributed by atoms with van der Waals surface area (Å²) in [6.07, 6.45) is 6.27. The standard InChI is InChI=1S/C42H56N2O14S2/c1-7-13-53-35-27-33(28-36(54-14-8-2)39(35)57-23-19-49-17-21-51-31(5)45)41(47)43-11-25-59-60-26-12-44-42(48)34-29-37(55-15-9-3)40(38(30-34)56-16-10-4)58-24-20-50-18-22-52-32(6)46/h7-10,27-30H,1-4,11-26H2,5-6H3,(H,43,47)(H,44,48). The summed E-state index contributed by atoms with van der Waals surface area (Å²) in [6, 6.07) is 6.27. The second kappa shape index (κ2) is 31.6. The molecule has 0 aliphatic rings. The van der Waals surface area contributed by atoms with Crippen molar-refractivity contribution < 1.29 is 66.5 Å². The van der Waals surface area contributed by atoms with Gasteiger partial charge >= 0.3 is 11.9 Å². The first-order valence-corrected chi connectivity index (χ1v) is 21.4. The monoisotopic (exact) mass is 876 g/mol. The minimum atomic E-state index is -0.387. The first-order valence-electron chi connectivity index (χ1n) is 18.9. The van der Waals surface area contributed by atoms with Crippen LogP contribution in [0.4, 0.5) is 0 Å². The van der Waals surface area contributed by atoms with Gasteiger partial charge in [-0.2, -0.15) is 0 Å². The quantitative estimate of drug-likeness (QED) is 0.0388. The number of hydrogen-bond donors (Lipinski definition) is 2. The Morgan fingerprint density at radius 2 is 0.817 bits per heavy atom. The van der Waals surface area contributed by atoms with Gasteiger partial charge in [0, 0.05) is 49.6 Å². The lowest BCUT2D eigenvalue weighted by molar-refractivity contribution is -0.143. The zero-order chi connectivity index (χ0) is 43.8. The highest BCUT2D eigenvalue weighted by molar-refractivity contribution is 8.76. The molecule has 0 spiro atoms. The van der Waals surface area contributed by atoms with Gasteiger partial charge in [0.05, 0.1) is 26.4 Å². The fraction of sp³-hybridized carbons (Fsp3) is 0.429. The lowest BCUT2D eigenvalue weighted by Crippen LogP contribution is -2.26. The van der Waals surface area contributed by atoms with Gasteiger partial charge in [-0.25, -0.2) is 0 Å². The molecule has 16 nitrogen and oxygen atoms in total. The molecule has 2 amide bonds. The van der Waals surface area contributed by atoms with E-state index < -0.39 is 0 Å². The zero-order valence-corrected chi connectivity index (χ0v) is 35.9. The Bertz CT molecular complexity index is 1500. The van der Waals surface area contributed by atoms with Gasteiger partial charge in [-0.05, 0) is 24.3 Å². The predicted molar refractivity (Wildman–Crippen MR) is 231 cm³/mol. The van der Waals surface area contributed by atoms with Crippen molar-refractivity contribution in [3.05, 3.63) is 86.0 Å². The predicted octanol–water partition coefficient (Wildman–Crippen LogP) is 5.40. The highest BCUT2D eigenvalue weighted by atomic mass is 33.1. The van der Waals surface area contributed by atoms with E-state index in [1.165, 1.54) is 13.8 Å². The number of benzene rings is 2. The highest BCUT2D eigenvalue weighted by Crippen LogP contribution is 2.40. The van der Waals surface area contributed by atoms with Crippen LogP contribution in [0.25, 0.3) is 0 Å². The van der Waals surface area contributed by atoms with Gasteiger partial charge < -0.3 is 58.0 Å². The molecule has 0 radical (unpaired) electrons. The minimum absolute atomic E-state index is 0.133. The molecule has 0 atom stereocenters. The Labute approximate surface area is 359 Å². The van der Waals surface area contributed by atoms with Crippen LogP contribution in [0.3, 0.4) is 0 Å². The number of nitrogens with one attached hydrogen (secondary N) is 2. The number of rotatable bonds is 35. The van der Waals surface area contributed by atoms with E-state index >= 15 is 0 Å². The molecular weight excluding hydrogens is 821 g/mol. The Balaban J connectivity index is 1.92. The average molecular weight is 877 g/mol. The van der Waals surface area contributed by atoms with Gasteiger partial charge in [0.1, 0.15) is 52.9 Å². The summed E-state index contributed by atoms with van der Waals surface area (Å²) in [5.41, 5.74) is 0.604. The summed E-state index contributed by atoms with van der Waals surface area (Å²) in [5.74, 6) is 1.46. The lowest BCUT2D eigenvalue weighted by atomic mass is 10.1. The summed E-state index contributed by atoms with van der Waals surface area (Å²) < 4.78 is 55.8. The Morgan fingerprint density at radius 3 is 1.12 bits per heavy atom. The lowest BCUT2D eigenvalue weighted by Gasteiger charge is -2.18. The van der Waals surface area contributed by atoms with Crippen LogP contribution in [0.15, 0.2) is 74.9 Å². The molecule has 0 saturated heterocycles. The van der Waals surface area contributed by atoms with Crippen LogP contribution in [0, 0.1) is 0 Å². The fourth-order valence-corrected chi connectivity index (χ4v) is 6.37. The van der Waals surface area contributed by atoms with Crippen molar-refractivity contribution >= 4 is 45.3 Å². The normalized spacial score (nSPS) is 10.4. The molecule has 0 saturated carbocycles. The first kappa shape index (κ1) is 50.8. The molecule has 2 aromatic carbocycles. The molecule has 2 rings (SSSR count). The van der Waals surface area contributed by atoms with Crippen LogP contribution in [0.5, 0.6) is 34.5 Å². The zero-order valence-electron chi connectivity index (χ0n) is 34.3.